The molecule has 1 N–H and O–H groups in total. The minimum atomic E-state index is -4.50. The monoisotopic (exact) mass is 497 g/mol. The summed E-state index contributed by atoms with van der Waals surface area (Å²) < 4.78 is 38.5. The summed E-state index contributed by atoms with van der Waals surface area (Å²) in [5.74, 6) is 1.69. The Hall–Kier alpha value is -2.64. The van der Waals surface area contributed by atoms with Crippen molar-refractivity contribution in [3.8, 4) is 6.07 Å². The second kappa shape index (κ2) is 11.5. The van der Waals surface area contributed by atoms with Crippen LogP contribution in [0.1, 0.15) is 23.1 Å². The van der Waals surface area contributed by atoms with Crippen LogP contribution in [0.5, 0.6) is 0 Å². The predicted molar refractivity (Wildman–Crippen MR) is 123 cm³/mol. The molecule has 2 heterocycles. The minimum Gasteiger partial charge on any atom is -0.354 e. The van der Waals surface area contributed by atoms with Crippen molar-refractivity contribution in [3.05, 3.63) is 58.2 Å². The van der Waals surface area contributed by atoms with E-state index in [1.165, 1.54) is 0 Å². The highest BCUT2D eigenvalue weighted by Gasteiger charge is 2.32. The molecule has 3 rings (SSSR count). The fraction of sp³-hybridized carbons (Fsp3) is 0.409. The smallest absolute Gasteiger partial charge is 0.354 e. The van der Waals surface area contributed by atoms with Crippen molar-refractivity contribution in [2.75, 3.05) is 43.4 Å². The Balaban J connectivity index is 1.45. The summed E-state index contributed by atoms with van der Waals surface area (Å²) in [6, 6.07) is 10.3. The van der Waals surface area contributed by atoms with E-state index in [0.717, 1.165) is 17.8 Å². The molecule has 2 amide bonds. The van der Waals surface area contributed by atoms with Crippen molar-refractivity contribution in [1.29, 1.82) is 5.26 Å². The van der Waals surface area contributed by atoms with E-state index in [-0.39, 0.29) is 11.1 Å². The maximum atomic E-state index is 12.8. The zero-order valence-corrected chi connectivity index (χ0v) is 19.3. The number of anilines is 1. The number of halogens is 4. The van der Waals surface area contributed by atoms with Gasteiger partial charge in [-0.2, -0.15) is 30.2 Å². The summed E-state index contributed by atoms with van der Waals surface area (Å²) in [5.41, 5.74) is 0.742. The third kappa shape index (κ3) is 6.92. The summed E-state index contributed by atoms with van der Waals surface area (Å²) in [6.45, 7) is 2.39. The number of carbonyl (C=O) groups is 1. The van der Waals surface area contributed by atoms with Crippen molar-refractivity contribution >= 4 is 35.2 Å². The van der Waals surface area contributed by atoms with Gasteiger partial charge in [-0.25, -0.2) is 9.78 Å². The van der Waals surface area contributed by atoms with Gasteiger partial charge in [-0.15, -0.1) is 0 Å². The first kappa shape index (κ1) is 25.0. The first-order chi connectivity index (χ1) is 15.8. The Morgan fingerprint density at radius 2 is 2.03 bits per heavy atom. The molecule has 0 atom stereocenters. The number of amides is 2. The first-order valence-electron chi connectivity index (χ1n) is 10.4. The lowest BCUT2D eigenvalue weighted by Crippen LogP contribution is -2.42. The SMILES string of the molecule is N#Cc1ccccc1CSCCNC(=O)N1CCCN(c2ncc(C(F)(F)F)cc2Cl)CC1. The number of hydrogen-bond acceptors (Lipinski definition) is 5. The Bertz CT molecular complexity index is 1010. The van der Waals surface area contributed by atoms with E-state index < -0.39 is 11.7 Å². The number of carbonyl (C=O) groups excluding carboxylic acids is 1. The van der Waals surface area contributed by atoms with Gasteiger partial charge in [0.2, 0.25) is 0 Å². The van der Waals surface area contributed by atoms with Gasteiger partial charge in [0.05, 0.1) is 22.2 Å². The van der Waals surface area contributed by atoms with Crippen LogP contribution in [-0.2, 0) is 11.9 Å². The van der Waals surface area contributed by atoms with Crippen molar-refractivity contribution in [2.24, 2.45) is 0 Å². The number of urea groups is 1. The molecule has 1 aliphatic heterocycles. The Kier molecular flexibility index (Phi) is 8.69. The predicted octanol–water partition coefficient (Wildman–Crippen LogP) is 4.78. The number of nitrogens with one attached hydrogen (secondary N) is 1. The molecule has 0 saturated carbocycles. The third-order valence-corrected chi connectivity index (χ3v) is 6.44. The first-order valence-corrected chi connectivity index (χ1v) is 11.9. The summed E-state index contributed by atoms with van der Waals surface area (Å²) in [7, 11) is 0. The highest BCUT2D eigenvalue weighted by atomic mass is 35.5. The number of rotatable bonds is 6. The molecule has 0 bridgehead atoms. The molecule has 33 heavy (non-hydrogen) atoms. The van der Waals surface area contributed by atoms with Crippen LogP contribution in [0.3, 0.4) is 0 Å². The lowest BCUT2D eigenvalue weighted by molar-refractivity contribution is -0.137. The van der Waals surface area contributed by atoms with Gasteiger partial charge < -0.3 is 15.1 Å². The number of nitrogens with zero attached hydrogens (tertiary/aromatic N) is 4. The van der Waals surface area contributed by atoms with Crippen LogP contribution in [0.25, 0.3) is 0 Å². The molecule has 0 unspecified atom stereocenters. The summed E-state index contributed by atoms with van der Waals surface area (Å²) in [6.07, 6.45) is -3.07. The summed E-state index contributed by atoms with van der Waals surface area (Å²) >= 11 is 7.70. The van der Waals surface area contributed by atoms with E-state index in [4.69, 9.17) is 16.9 Å². The second-order valence-electron chi connectivity index (χ2n) is 7.41. The van der Waals surface area contributed by atoms with Crippen LogP contribution in [0.15, 0.2) is 36.5 Å². The number of benzene rings is 1. The molecule has 2 aromatic rings. The zero-order valence-electron chi connectivity index (χ0n) is 17.7. The molecule has 176 valence electrons. The molecule has 11 heteroatoms. The van der Waals surface area contributed by atoms with Crippen molar-refractivity contribution < 1.29 is 18.0 Å². The van der Waals surface area contributed by atoms with Crippen molar-refractivity contribution in [1.82, 2.24) is 15.2 Å². The second-order valence-corrected chi connectivity index (χ2v) is 8.92. The molecular weight excluding hydrogens is 475 g/mol. The Morgan fingerprint density at radius 3 is 2.76 bits per heavy atom. The molecule has 1 saturated heterocycles. The normalized spacial score (nSPS) is 14.5. The van der Waals surface area contributed by atoms with Gasteiger partial charge in [-0.05, 0) is 24.1 Å². The maximum absolute atomic E-state index is 12.8. The van der Waals surface area contributed by atoms with Crippen LogP contribution in [-0.4, -0.2) is 54.4 Å². The zero-order chi connectivity index (χ0) is 23.8. The van der Waals surface area contributed by atoms with Gasteiger partial charge in [-0.3, -0.25) is 0 Å². The van der Waals surface area contributed by atoms with E-state index >= 15 is 0 Å². The molecule has 0 radical (unpaired) electrons. The highest BCUT2D eigenvalue weighted by Crippen LogP contribution is 2.33. The number of nitriles is 1. The molecule has 1 aromatic carbocycles. The van der Waals surface area contributed by atoms with Crippen LogP contribution in [0, 0.1) is 11.3 Å². The fourth-order valence-electron chi connectivity index (χ4n) is 3.43. The number of hydrogen-bond donors (Lipinski definition) is 1. The van der Waals surface area contributed by atoms with Crippen LogP contribution in [0.2, 0.25) is 5.02 Å². The Labute approximate surface area is 199 Å². The van der Waals surface area contributed by atoms with Gasteiger partial charge >= 0.3 is 12.2 Å². The Morgan fingerprint density at radius 1 is 1.24 bits per heavy atom. The largest absolute Gasteiger partial charge is 0.417 e. The average molecular weight is 498 g/mol. The van der Waals surface area contributed by atoms with Gasteiger partial charge in [0.25, 0.3) is 0 Å². The number of aromatic nitrogens is 1. The number of alkyl halides is 3. The van der Waals surface area contributed by atoms with Gasteiger partial charge in [-0.1, -0.05) is 29.8 Å². The lowest BCUT2D eigenvalue weighted by atomic mass is 10.1. The standard InChI is InChI=1S/C22H23ClF3N5OS/c23-19-12-18(22(24,25)26)14-29-20(19)30-7-3-8-31(10-9-30)21(32)28-6-11-33-15-17-5-2-1-4-16(17)13-27/h1-2,4-5,12,14H,3,6-11,15H2,(H,28,32). The van der Waals surface area contributed by atoms with E-state index in [9.17, 15) is 18.0 Å². The van der Waals surface area contributed by atoms with E-state index in [2.05, 4.69) is 16.4 Å². The van der Waals surface area contributed by atoms with Gasteiger partial charge in [0.15, 0.2) is 0 Å². The van der Waals surface area contributed by atoms with Crippen molar-refractivity contribution in [2.45, 2.75) is 18.3 Å². The average Bonchev–Trinajstić information content (AvgIpc) is 3.04. The summed E-state index contributed by atoms with van der Waals surface area (Å²) in [4.78, 5) is 19.9. The van der Waals surface area contributed by atoms with Crippen LogP contribution < -0.4 is 10.2 Å². The molecule has 1 aromatic heterocycles. The minimum absolute atomic E-state index is 0.0577. The maximum Gasteiger partial charge on any atom is 0.417 e. The molecule has 0 spiro atoms. The fourth-order valence-corrected chi connectivity index (χ4v) is 4.58. The van der Waals surface area contributed by atoms with E-state index in [0.29, 0.717) is 62.0 Å². The van der Waals surface area contributed by atoms with Crippen LogP contribution in [0.4, 0.5) is 23.8 Å². The topological polar surface area (TPSA) is 72.3 Å². The van der Waals surface area contributed by atoms with E-state index in [1.54, 1.807) is 27.6 Å². The molecule has 0 aliphatic carbocycles. The molecule has 6 nitrogen and oxygen atoms in total. The lowest BCUT2D eigenvalue weighted by Gasteiger charge is -2.24. The quantitative estimate of drug-likeness (QED) is 0.581. The van der Waals surface area contributed by atoms with Gasteiger partial charge in [0, 0.05) is 50.4 Å². The highest BCUT2D eigenvalue weighted by molar-refractivity contribution is 7.98. The third-order valence-electron chi connectivity index (χ3n) is 5.15. The van der Waals surface area contributed by atoms with E-state index in [1.807, 2.05) is 18.2 Å². The number of thioether (sulfide) groups is 1. The van der Waals surface area contributed by atoms with Crippen LogP contribution >= 0.6 is 23.4 Å². The molecular formula is C22H23ClF3N5OS. The molecule has 1 fully saturated rings. The van der Waals surface area contributed by atoms with Crippen molar-refractivity contribution in [3.63, 3.8) is 0 Å². The number of pyridine rings is 1. The summed E-state index contributed by atoms with van der Waals surface area (Å²) in [5, 5.41) is 12.0. The molecule has 1 aliphatic rings. The van der Waals surface area contributed by atoms with Gasteiger partial charge in [0.1, 0.15) is 5.82 Å².